The Morgan fingerprint density at radius 1 is 1.37 bits per heavy atom. The highest BCUT2D eigenvalue weighted by Gasteiger charge is 2.15. The second-order valence-corrected chi connectivity index (χ2v) is 4.62. The molecular weight excluding hydrogens is 238 g/mol. The minimum atomic E-state index is -0.794. The maximum atomic E-state index is 10.1. The molecule has 2 rings (SSSR count). The average Bonchev–Trinajstić information content (AvgIpc) is 2.88. The number of nitrogens with two attached hydrogens (primary N) is 1. The Balaban J connectivity index is 2.19. The van der Waals surface area contributed by atoms with Gasteiger partial charge in [0.15, 0.2) is 0 Å². The molecule has 1 aromatic heterocycles. The minimum Gasteiger partial charge on any atom is -0.463 e. The molecule has 0 saturated heterocycles. The van der Waals surface area contributed by atoms with Crippen LogP contribution >= 0.6 is 0 Å². The topological polar surface area (TPSA) is 59.4 Å². The summed E-state index contributed by atoms with van der Waals surface area (Å²) in [6.45, 7) is 7.83. The number of aliphatic hydroxyl groups excluding tert-OH is 1. The fourth-order valence-corrected chi connectivity index (χ4v) is 1.94. The van der Waals surface area contributed by atoms with Crippen LogP contribution in [0.4, 0.5) is 5.69 Å². The number of aliphatic hydroxyl groups is 1. The van der Waals surface area contributed by atoms with Crippen LogP contribution in [0.2, 0.25) is 0 Å². The van der Waals surface area contributed by atoms with Gasteiger partial charge in [-0.05, 0) is 42.7 Å². The molecule has 0 saturated carbocycles. The molecule has 0 aliphatic rings. The molecule has 19 heavy (non-hydrogen) atoms. The van der Waals surface area contributed by atoms with E-state index < -0.39 is 6.10 Å². The lowest BCUT2D eigenvalue weighted by Crippen LogP contribution is -2.03. The normalized spacial score (nSPS) is 12.6. The fraction of sp³-hybridized carbons (Fsp3) is 0.250. The average molecular weight is 257 g/mol. The molecule has 1 aromatic carbocycles. The van der Waals surface area contributed by atoms with Gasteiger partial charge in [-0.1, -0.05) is 19.1 Å². The summed E-state index contributed by atoms with van der Waals surface area (Å²) in [5.41, 5.74) is 9.31. The SMILES string of the molecule is [CH2]c1ccc([CH]C(O)c2ccc(CC)o2)c(N)c1C. The summed E-state index contributed by atoms with van der Waals surface area (Å²) in [7, 11) is 0. The highest BCUT2D eigenvalue weighted by molar-refractivity contribution is 5.60. The molecule has 0 fully saturated rings. The van der Waals surface area contributed by atoms with Crippen molar-refractivity contribution < 1.29 is 9.52 Å². The van der Waals surface area contributed by atoms with Crippen LogP contribution in [0.3, 0.4) is 0 Å². The van der Waals surface area contributed by atoms with Crippen molar-refractivity contribution in [1.82, 2.24) is 0 Å². The van der Waals surface area contributed by atoms with Gasteiger partial charge < -0.3 is 15.3 Å². The van der Waals surface area contributed by atoms with Crippen molar-refractivity contribution in [3.8, 4) is 0 Å². The van der Waals surface area contributed by atoms with Gasteiger partial charge in [-0.25, -0.2) is 0 Å². The van der Waals surface area contributed by atoms with Crippen LogP contribution in [-0.4, -0.2) is 5.11 Å². The summed E-state index contributed by atoms with van der Waals surface area (Å²) in [5.74, 6) is 1.40. The quantitative estimate of drug-likeness (QED) is 0.827. The van der Waals surface area contributed by atoms with E-state index in [1.807, 2.05) is 32.0 Å². The molecule has 0 spiro atoms. The number of rotatable bonds is 4. The summed E-state index contributed by atoms with van der Waals surface area (Å²) in [5, 5.41) is 10.1. The molecule has 3 nitrogen and oxygen atoms in total. The van der Waals surface area contributed by atoms with Crippen molar-refractivity contribution in [3.05, 3.63) is 65.8 Å². The van der Waals surface area contributed by atoms with Gasteiger partial charge in [0.1, 0.15) is 17.6 Å². The molecular formula is C16H19NO2. The van der Waals surface area contributed by atoms with Gasteiger partial charge in [-0.15, -0.1) is 0 Å². The van der Waals surface area contributed by atoms with E-state index in [0.717, 1.165) is 28.9 Å². The molecule has 1 heterocycles. The molecule has 3 heteroatoms. The van der Waals surface area contributed by atoms with Crippen LogP contribution in [0.25, 0.3) is 0 Å². The highest BCUT2D eigenvalue weighted by atomic mass is 16.4. The Morgan fingerprint density at radius 3 is 2.74 bits per heavy atom. The third-order valence-corrected chi connectivity index (χ3v) is 3.32. The van der Waals surface area contributed by atoms with E-state index in [9.17, 15) is 5.11 Å². The summed E-state index contributed by atoms with van der Waals surface area (Å²) >= 11 is 0. The second kappa shape index (κ2) is 5.49. The second-order valence-electron chi connectivity index (χ2n) is 4.62. The Labute approximate surface area is 114 Å². The predicted molar refractivity (Wildman–Crippen MR) is 76.5 cm³/mol. The standard InChI is InChI=1S/C16H19NO2/c1-4-13-7-8-15(19-13)14(18)9-12-6-5-10(2)11(3)16(12)17/h5-9,14,18H,2,4,17H2,1,3H3. The first-order valence-electron chi connectivity index (χ1n) is 6.35. The number of hydrogen-bond donors (Lipinski definition) is 2. The Kier molecular flexibility index (Phi) is 3.96. The first-order chi connectivity index (χ1) is 9.02. The maximum absolute atomic E-state index is 10.1. The zero-order valence-corrected chi connectivity index (χ0v) is 11.3. The van der Waals surface area contributed by atoms with Crippen molar-refractivity contribution in [2.45, 2.75) is 26.4 Å². The van der Waals surface area contributed by atoms with Crippen LogP contribution in [-0.2, 0) is 6.42 Å². The molecule has 0 amide bonds. The number of aryl methyl sites for hydroxylation is 1. The fourth-order valence-electron chi connectivity index (χ4n) is 1.94. The van der Waals surface area contributed by atoms with Crippen LogP contribution < -0.4 is 5.73 Å². The molecule has 0 aliphatic heterocycles. The van der Waals surface area contributed by atoms with Gasteiger partial charge in [0, 0.05) is 18.5 Å². The Bertz CT molecular complexity index is 572. The van der Waals surface area contributed by atoms with Gasteiger partial charge in [-0.3, -0.25) is 0 Å². The highest BCUT2D eigenvalue weighted by Crippen LogP contribution is 2.28. The lowest BCUT2D eigenvalue weighted by atomic mass is 9.98. The van der Waals surface area contributed by atoms with Crippen LogP contribution in [0.5, 0.6) is 0 Å². The van der Waals surface area contributed by atoms with E-state index >= 15 is 0 Å². The summed E-state index contributed by atoms with van der Waals surface area (Å²) < 4.78 is 5.53. The summed E-state index contributed by atoms with van der Waals surface area (Å²) in [6.07, 6.45) is 1.71. The van der Waals surface area contributed by atoms with E-state index in [1.54, 1.807) is 12.5 Å². The van der Waals surface area contributed by atoms with Gasteiger partial charge in [0.05, 0.1) is 0 Å². The number of hydrogen-bond acceptors (Lipinski definition) is 3. The van der Waals surface area contributed by atoms with Gasteiger partial charge in [0.25, 0.3) is 0 Å². The van der Waals surface area contributed by atoms with Gasteiger partial charge in [0.2, 0.25) is 0 Å². The number of anilines is 1. The number of benzene rings is 1. The molecule has 0 bridgehead atoms. The van der Waals surface area contributed by atoms with Gasteiger partial charge in [-0.2, -0.15) is 0 Å². The lowest BCUT2D eigenvalue weighted by Gasteiger charge is -2.13. The smallest absolute Gasteiger partial charge is 0.133 e. The van der Waals surface area contributed by atoms with Crippen molar-refractivity contribution in [2.24, 2.45) is 0 Å². The summed E-state index contributed by atoms with van der Waals surface area (Å²) in [4.78, 5) is 0. The molecule has 1 atom stereocenters. The molecule has 1 unspecified atom stereocenters. The lowest BCUT2D eigenvalue weighted by molar-refractivity contribution is 0.182. The van der Waals surface area contributed by atoms with Crippen molar-refractivity contribution >= 4 is 5.69 Å². The molecule has 0 aliphatic carbocycles. The molecule has 2 aromatic rings. The predicted octanol–water partition coefficient (Wildman–Crippen LogP) is 3.20. The van der Waals surface area contributed by atoms with E-state index in [4.69, 9.17) is 10.2 Å². The van der Waals surface area contributed by atoms with Crippen molar-refractivity contribution in [2.75, 3.05) is 5.73 Å². The minimum absolute atomic E-state index is 0.535. The first-order valence-corrected chi connectivity index (χ1v) is 6.35. The third kappa shape index (κ3) is 2.82. The van der Waals surface area contributed by atoms with Gasteiger partial charge >= 0.3 is 0 Å². The van der Waals surface area contributed by atoms with E-state index in [2.05, 4.69) is 6.92 Å². The van der Waals surface area contributed by atoms with Crippen LogP contribution in [0, 0.1) is 20.3 Å². The number of furan rings is 1. The zero-order valence-electron chi connectivity index (χ0n) is 11.3. The zero-order chi connectivity index (χ0) is 14.0. The largest absolute Gasteiger partial charge is 0.463 e. The number of nitrogen functional groups attached to an aromatic ring is 1. The van der Waals surface area contributed by atoms with E-state index in [0.29, 0.717) is 11.4 Å². The molecule has 3 N–H and O–H groups in total. The van der Waals surface area contributed by atoms with Crippen molar-refractivity contribution in [1.29, 1.82) is 0 Å². The molecule has 2 radical (unpaired) electrons. The Hall–Kier alpha value is -1.74. The third-order valence-electron chi connectivity index (χ3n) is 3.32. The summed E-state index contributed by atoms with van der Waals surface area (Å²) in [6, 6.07) is 7.42. The monoisotopic (exact) mass is 257 g/mol. The first kappa shape index (κ1) is 13.7. The Morgan fingerprint density at radius 2 is 2.11 bits per heavy atom. The maximum Gasteiger partial charge on any atom is 0.133 e. The van der Waals surface area contributed by atoms with E-state index in [-0.39, 0.29) is 0 Å². The van der Waals surface area contributed by atoms with Crippen LogP contribution in [0.1, 0.15) is 41.2 Å². The van der Waals surface area contributed by atoms with Crippen LogP contribution in [0.15, 0.2) is 28.7 Å². The van der Waals surface area contributed by atoms with Crippen molar-refractivity contribution in [3.63, 3.8) is 0 Å². The molecule has 100 valence electrons. The van der Waals surface area contributed by atoms with E-state index in [1.165, 1.54) is 0 Å².